The average Bonchev–Trinajstić information content (AvgIpc) is 3.83. The first kappa shape index (κ1) is 44.0. The molecule has 0 aromatic heterocycles. The van der Waals surface area contributed by atoms with Gasteiger partial charge in [-0.15, -0.1) is 0 Å². The van der Waals surface area contributed by atoms with Crippen LogP contribution in [0.2, 0.25) is 0 Å². The van der Waals surface area contributed by atoms with Gasteiger partial charge in [0.15, 0.2) is 11.5 Å². The number of Topliss-reactive ketones (excluding diaryl/α,β-unsaturated/α-hetero) is 1. The third kappa shape index (κ3) is 11.1. The van der Waals surface area contributed by atoms with E-state index in [0.717, 1.165) is 5.56 Å². The number of amides is 3. The molecule has 2 aliphatic heterocycles. The summed E-state index contributed by atoms with van der Waals surface area (Å²) < 4.78 is 32.2. The average molecular weight is 747 g/mol. The third-order valence-corrected chi connectivity index (χ3v) is 11.5. The largest absolute Gasteiger partial charge is 0.467 e. The molecule has 3 rings (SSSR count). The molecule has 2 N–H and O–H groups in total. The second-order valence-corrected chi connectivity index (χ2v) is 15.2. The maximum Gasteiger partial charge on any atom is 0.328 e. The Kier molecular flexibility index (Phi) is 16.9. The minimum Gasteiger partial charge on any atom is -0.467 e. The summed E-state index contributed by atoms with van der Waals surface area (Å²) in [4.78, 5) is 71.0. The number of carbonyl (C=O) groups excluding carboxylic acids is 5. The lowest BCUT2D eigenvalue weighted by Crippen LogP contribution is -2.55. The van der Waals surface area contributed by atoms with Crippen molar-refractivity contribution in [2.45, 2.75) is 116 Å². The lowest BCUT2D eigenvalue weighted by Gasteiger charge is -2.41. The van der Waals surface area contributed by atoms with Gasteiger partial charge in [-0.05, 0) is 36.8 Å². The van der Waals surface area contributed by atoms with Crippen LogP contribution in [0, 0.1) is 23.7 Å². The molecule has 13 heteroatoms. The molecule has 2 aliphatic rings. The first-order valence-corrected chi connectivity index (χ1v) is 19.1. The van der Waals surface area contributed by atoms with E-state index in [2.05, 4.69) is 10.6 Å². The Morgan fingerprint density at radius 3 is 2.26 bits per heavy atom. The molecular formula is C40H63FN4O8. The van der Waals surface area contributed by atoms with E-state index in [0.29, 0.717) is 32.4 Å². The standard InChI is InChI=1S/C40H63FN4O8/c1-10-26(4)35(44(6)38(49)29(25(2)3)22-33(46)40(41)18-19-42-24-40)32(51-7)23-34(47)45-20-14-17-31(45)36(52-8)27(5)37(48)43-30(39(50)53-9)21-28-15-12-11-13-16-28/h11-13,15-16,25-27,29-32,35-36,42H,10,14,17-24H2,1-9H3,(H,43,48)/t26-,27+,29-,30-,31-,32+,35-,36+,40-/m0/s1. The highest BCUT2D eigenvalue weighted by molar-refractivity contribution is 5.92. The minimum absolute atomic E-state index is 0.0251. The van der Waals surface area contributed by atoms with E-state index in [9.17, 15) is 24.0 Å². The molecule has 0 aliphatic carbocycles. The van der Waals surface area contributed by atoms with Crippen molar-refractivity contribution in [1.82, 2.24) is 20.4 Å². The number of benzene rings is 1. The molecule has 0 radical (unpaired) electrons. The predicted octanol–water partition coefficient (Wildman–Crippen LogP) is 3.74. The Bertz CT molecular complexity index is 1370. The van der Waals surface area contributed by atoms with Gasteiger partial charge in [-0.1, -0.05) is 71.4 Å². The number of halogens is 1. The number of likely N-dealkylation sites (tertiary alicyclic amines) is 1. The number of likely N-dealkylation sites (N-methyl/N-ethyl adjacent to an activating group) is 1. The van der Waals surface area contributed by atoms with Gasteiger partial charge in [0.1, 0.15) is 6.04 Å². The van der Waals surface area contributed by atoms with Gasteiger partial charge < -0.3 is 34.6 Å². The number of carbonyl (C=O) groups is 5. The van der Waals surface area contributed by atoms with Crippen LogP contribution in [0.3, 0.4) is 0 Å². The van der Waals surface area contributed by atoms with E-state index in [1.807, 2.05) is 58.0 Å². The highest BCUT2D eigenvalue weighted by Gasteiger charge is 2.46. The van der Waals surface area contributed by atoms with Crippen LogP contribution in [0.4, 0.5) is 4.39 Å². The smallest absolute Gasteiger partial charge is 0.328 e. The zero-order chi connectivity index (χ0) is 39.5. The Hall–Kier alpha value is -3.42. The normalized spacial score (nSPS) is 22.7. The highest BCUT2D eigenvalue weighted by atomic mass is 19.1. The third-order valence-electron chi connectivity index (χ3n) is 11.5. The zero-order valence-electron chi connectivity index (χ0n) is 33.2. The number of alkyl halides is 1. The molecule has 2 fully saturated rings. The number of ether oxygens (including phenoxy) is 3. The van der Waals surface area contributed by atoms with Gasteiger partial charge in [0.05, 0.1) is 43.7 Å². The molecule has 3 amide bonds. The van der Waals surface area contributed by atoms with Gasteiger partial charge in [-0.2, -0.15) is 0 Å². The fourth-order valence-electron chi connectivity index (χ4n) is 7.95. The van der Waals surface area contributed by atoms with E-state index in [-0.39, 0.29) is 55.9 Å². The van der Waals surface area contributed by atoms with E-state index in [1.165, 1.54) is 21.3 Å². The zero-order valence-corrected chi connectivity index (χ0v) is 33.2. The number of nitrogens with zero attached hydrogens (tertiary/aromatic N) is 2. The van der Waals surface area contributed by atoms with Crippen LogP contribution in [-0.2, 0) is 44.6 Å². The Balaban J connectivity index is 1.77. The molecule has 0 bridgehead atoms. The molecule has 0 spiro atoms. The fourth-order valence-corrected chi connectivity index (χ4v) is 7.95. The molecule has 12 nitrogen and oxygen atoms in total. The Morgan fingerprint density at radius 1 is 1.04 bits per heavy atom. The number of nitrogens with one attached hydrogen (secondary N) is 2. The summed E-state index contributed by atoms with van der Waals surface area (Å²) in [6, 6.07) is 7.52. The Labute approximate surface area is 315 Å². The van der Waals surface area contributed by atoms with Crippen molar-refractivity contribution in [3.8, 4) is 0 Å². The van der Waals surface area contributed by atoms with Crippen molar-refractivity contribution < 1.29 is 42.6 Å². The lowest BCUT2D eigenvalue weighted by molar-refractivity contribution is -0.150. The van der Waals surface area contributed by atoms with Gasteiger partial charge in [-0.3, -0.25) is 19.2 Å². The molecule has 53 heavy (non-hydrogen) atoms. The first-order valence-electron chi connectivity index (χ1n) is 19.1. The molecule has 298 valence electrons. The predicted molar refractivity (Wildman–Crippen MR) is 199 cm³/mol. The summed E-state index contributed by atoms with van der Waals surface area (Å²) in [7, 11) is 5.99. The monoisotopic (exact) mass is 746 g/mol. The summed E-state index contributed by atoms with van der Waals surface area (Å²) in [5, 5.41) is 5.75. The summed E-state index contributed by atoms with van der Waals surface area (Å²) >= 11 is 0. The van der Waals surface area contributed by atoms with Crippen LogP contribution >= 0.6 is 0 Å². The van der Waals surface area contributed by atoms with Crippen molar-refractivity contribution in [1.29, 1.82) is 0 Å². The van der Waals surface area contributed by atoms with Crippen molar-refractivity contribution in [2.24, 2.45) is 23.7 Å². The maximum atomic E-state index is 15.4. The van der Waals surface area contributed by atoms with Gasteiger partial charge >= 0.3 is 5.97 Å². The summed E-state index contributed by atoms with van der Waals surface area (Å²) in [5.74, 6) is -3.72. The quantitative estimate of drug-likeness (QED) is 0.191. The van der Waals surface area contributed by atoms with E-state index in [1.54, 1.807) is 23.8 Å². The summed E-state index contributed by atoms with van der Waals surface area (Å²) in [6.07, 6.45) is 0.814. The van der Waals surface area contributed by atoms with Crippen LogP contribution in [-0.4, -0.2) is 123 Å². The minimum atomic E-state index is -1.97. The Morgan fingerprint density at radius 2 is 1.72 bits per heavy atom. The van der Waals surface area contributed by atoms with Crippen molar-refractivity contribution in [3.63, 3.8) is 0 Å². The second-order valence-electron chi connectivity index (χ2n) is 15.2. The first-order chi connectivity index (χ1) is 25.1. The number of hydrogen-bond acceptors (Lipinski definition) is 9. The lowest BCUT2D eigenvalue weighted by atomic mass is 9.83. The van der Waals surface area contributed by atoms with Crippen molar-refractivity contribution >= 4 is 29.5 Å². The van der Waals surface area contributed by atoms with Crippen molar-refractivity contribution in [2.75, 3.05) is 48.0 Å². The second kappa shape index (κ2) is 20.3. The van der Waals surface area contributed by atoms with Crippen LogP contribution in [0.5, 0.6) is 0 Å². The van der Waals surface area contributed by atoms with E-state index < -0.39 is 65.5 Å². The van der Waals surface area contributed by atoms with Crippen LogP contribution in [0.25, 0.3) is 0 Å². The number of ketones is 1. The van der Waals surface area contributed by atoms with Crippen LogP contribution < -0.4 is 10.6 Å². The SMILES string of the molecule is CC[C@H](C)[C@@H]([C@@H](CC(=O)N1CCC[C@H]1[C@H](OC)[C@@H](C)C(=O)N[C@@H](Cc1ccccc1)C(=O)OC)OC)N(C)C(=O)[C@@H](CC(=O)[C@]1(F)CCNC1)C(C)C. The molecule has 1 aromatic carbocycles. The molecule has 9 atom stereocenters. The molecule has 2 saturated heterocycles. The fraction of sp³-hybridized carbons (Fsp3) is 0.725. The number of hydrogen-bond donors (Lipinski definition) is 2. The summed E-state index contributed by atoms with van der Waals surface area (Å²) in [6.45, 7) is 10.3. The number of esters is 1. The van der Waals surface area contributed by atoms with Gasteiger partial charge in [0, 0.05) is 59.5 Å². The van der Waals surface area contributed by atoms with Gasteiger partial charge in [0.2, 0.25) is 17.7 Å². The molecule has 0 unspecified atom stereocenters. The summed E-state index contributed by atoms with van der Waals surface area (Å²) in [5.41, 5.74) is -1.11. The maximum absolute atomic E-state index is 15.4. The van der Waals surface area contributed by atoms with E-state index >= 15 is 4.39 Å². The molecular weight excluding hydrogens is 683 g/mol. The molecule has 1 aromatic rings. The van der Waals surface area contributed by atoms with Crippen LogP contribution in [0.1, 0.15) is 78.7 Å². The van der Waals surface area contributed by atoms with Crippen molar-refractivity contribution in [3.05, 3.63) is 35.9 Å². The topological polar surface area (TPSA) is 144 Å². The number of rotatable bonds is 20. The molecule has 0 saturated carbocycles. The molecule has 2 heterocycles. The van der Waals surface area contributed by atoms with Crippen LogP contribution in [0.15, 0.2) is 30.3 Å². The van der Waals surface area contributed by atoms with E-state index in [4.69, 9.17) is 14.2 Å². The highest BCUT2D eigenvalue weighted by Crippen LogP contribution is 2.32. The number of methoxy groups -OCH3 is 3. The van der Waals surface area contributed by atoms with Gasteiger partial charge in [-0.25, -0.2) is 9.18 Å². The van der Waals surface area contributed by atoms with Gasteiger partial charge in [0.25, 0.3) is 0 Å².